The highest BCUT2D eigenvalue weighted by Crippen LogP contribution is 2.16. The molecule has 0 N–H and O–H groups in total. The van der Waals surface area contributed by atoms with Crippen molar-refractivity contribution < 1.29 is 0 Å². The Balaban J connectivity index is 3.97. The molecule has 0 bridgehead atoms. The van der Waals surface area contributed by atoms with Crippen molar-refractivity contribution in [2.24, 2.45) is 0 Å². The van der Waals surface area contributed by atoms with Crippen molar-refractivity contribution in [2.45, 2.75) is 65.5 Å². The number of nitrogens with zero attached hydrogens (tertiary/aromatic N) is 3. The maximum atomic E-state index is 12.7. The lowest BCUT2D eigenvalue weighted by atomic mass is 9.93. The Kier molecular flexibility index (Phi) is 4.10. The summed E-state index contributed by atoms with van der Waals surface area (Å²) in [5, 5.41) is 4.44. The summed E-state index contributed by atoms with van der Waals surface area (Å²) in [4.78, 5) is 25.4. The maximum Gasteiger partial charge on any atom is 0.330 e. The van der Waals surface area contributed by atoms with Crippen LogP contribution in [0.3, 0.4) is 0 Å². The van der Waals surface area contributed by atoms with Gasteiger partial charge in [-0.2, -0.15) is 5.10 Å². The standard InChI is InChI=1S/C13H27N3O2Si2/c1-13(2,3)10-11(17)15(19(4,5)6)12(18)16(14-10)20(7,8)9/h1-9H3. The summed E-state index contributed by atoms with van der Waals surface area (Å²) < 4.78 is 3.08. The van der Waals surface area contributed by atoms with E-state index in [-0.39, 0.29) is 16.7 Å². The Bertz CT molecular complexity index is 579. The fraction of sp³-hybridized carbons (Fsp3) is 0.769. The molecule has 0 aliphatic rings. The first-order valence-electron chi connectivity index (χ1n) is 6.95. The van der Waals surface area contributed by atoms with Gasteiger partial charge < -0.3 is 0 Å². The first-order chi connectivity index (χ1) is 8.67. The van der Waals surface area contributed by atoms with E-state index in [0.29, 0.717) is 5.69 Å². The molecular weight excluding hydrogens is 286 g/mol. The molecule has 0 saturated heterocycles. The third kappa shape index (κ3) is 3.20. The van der Waals surface area contributed by atoms with Gasteiger partial charge in [0.05, 0.1) is 0 Å². The van der Waals surface area contributed by atoms with Crippen LogP contribution in [-0.2, 0) is 5.41 Å². The van der Waals surface area contributed by atoms with Gasteiger partial charge in [0, 0.05) is 5.41 Å². The van der Waals surface area contributed by atoms with E-state index in [1.54, 1.807) is 4.35 Å². The van der Waals surface area contributed by atoms with Crippen molar-refractivity contribution in [3.8, 4) is 0 Å². The zero-order valence-corrected chi connectivity index (χ0v) is 16.2. The molecule has 1 aromatic rings. The molecule has 0 fully saturated rings. The van der Waals surface area contributed by atoms with Crippen LogP contribution in [0.5, 0.6) is 0 Å². The monoisotopic (exact) mass is 313 g/mol. The summed E-state index contributed by atoms with van der Waals surface area (Å²) in [5.41, 5.74) is -0.326. The molecule has 0 spiro atoms. The van der Waals surface area contributed by atoms with Crippen molar-refractivity contribution >= 4 is 16.5 Å². The summed E-state index contributed by atoms with van der Waals surface area (Å²) in [6, 6.07) is 0. The molecule has 0 aliphatic heterocycles. The maximum absolute atomic E-state index is 12.7. The van der Waals surface area contributed by atoms with Gasteiger partial charge in [-0.1, -0.05) is 40.4 Å². The number of aromatic nitrogens is 3. The summed E-state index contributed by atoms with van der Waals surface area (Å²) in [5.74, 6) is 0. The molecule has 0 aromatic carbocycles. The molecule has 114 valence electrons. The quantitative estimate of drug-likeness (QED) is 0.785. The van der Waals surface area contributed by atoms with Gasteiger partial charge in [-0.05, 0) is 19.6 Å². The van der Waals surface area contributed by atoms with Gasteiger partial charge in [0.1, 0.15) is 5.69 Å². The van der Waals surface area contributed by atoms with Gasteiger partial charge in [-0.25, -0.2) is 9.14 Å². The van der Waals surface area contributed by atoms with E-state index in [2.05, 4.69) is 24.7 Å². The molecule has 0 unspecified atom stereocenters. The molecule has 1 heterocycles. The van der Waals surface area contributed by atoms with E-state index >= 15 is 0 Å². The van der Waals surface area contributed by atoms with Gasteiger partial charge in [0.2, 0.25) is 0 Å². The zero-order valence-electron chi connectivity index (χ0n) is 14.2. The van der Waals surface area contributed by atoms with Crippen molar-refractivity contribution in [1.29, 1.82) is 0 Å². The lowest BCUT2D eigenvalue weighted by Crippen LogP contribution is -2.59. The zero-order chi connectivity index (χ0) is 16.1. The number of hydrogen-bond acceptors (Lipinski definition) is 3. The number of hydrogen-bond donors (Lipinski definition) is 0. The van der Waals surface area contributed by atoms with Crippen molar-refractivity contribution in [1.82, 2.24) is 13.7 Å². The highest BCUT2D eigenvalue weighted by molar-refractivity contribution is 6.75. The predicted octanol–water partition coefficient (Wildman–Crippen LogP) is 2.07. The Morgan fingerprint density at radius 2 is 1.35 bits per heavy atom. The second-order valence-electron chi connectivity index (χ2n) is 8.28. The molecule has 0 atom stereocenters. The lowest BCUT2D eigenvalue weighted by molar-refractivity contribution is 0.526. The van der Waals surface area contributed by atoms with Gasteiger partial charge in [-0.15, -0.1) is 0 Å². The van der Waals surface area contributed by atoms with Crippen LogP contribution in [0.1, 0.15) is 26.5 Å². The Labute approximate surface area is 122 Å². The third-order valence-corrected chi connectivity index (χ3v) is 6.29. The highest BCUT2D eigenvalue weighted by atomic mass is 28.3. The fourth-order valence-electron chi connectivity index (χ4n) is 1.97. The molecule has 0 amide bonds. The van der Waals surface area contributed by atoms with E-state index in [4.69, 9.17) is 0 Å². The predicted molar refractivity (Wildman–Crippen MR) is 88.9 cm³/mol. The highest BCUT2D eigenvalue weighted by Gasteiger charge is 2.32. The van der Waals surface area contributed by atoms with Crippen molar-refractivity contribution in [2.75, 3.05) is 0 Å². The largest absolute Gasteiger partial charge is 0.330 e. The second kappa shape index (κ2) is 4.80. The normalized spacial score (nSPS) is 13.7. The van der Waals surface area contributed by atoms with Crippen molar-refractivity contribution in [3.05, 3.63) is 26.5 Å². The van der Waals surface area contributed by atoms with Gasteiger partial charge in [-0.3, -0.25) is 9.03 Å². The van der Waals surface area contributed by atoms with Gasteiger partial charge in [0.25, 0.3) is 5.56 Å². The number of rotatable bonds is 2. The fourth-order valence-corrected chi connectivity index (χ4v) is 4.53. The van der Waals surface area contributed by atoms with E-state index < -0.39 is 16.5 Å². The van der Waals surface area contributed by atoms with Crippen LogP contribution in [0, 0.1) is 0 Å². The third-order valence-electron chi connectivity index (χ3n) is 2.99. The average molecular weight is 314 g/mol. The molecule has 20 heavy (non-hydrogen) atoms. The SMILES string of the molecule is CC(C)(C)c1nn([Si](C)(C)C)c(=O)n([Si](C)(C)C)c1=O. The lowest BCUT2D eigenvalue weighted by Gasteiger charge is -2.28. The van der Waals surface area contributed by atoms with Crippen LogP contribution in [0.2, 0.25) is 39.3 Å². The Morgan fingerprint density at radius 1 is 0.900 bits per heavy atom. The Morgan fingerprint density at radius 3 is 1.65 bits per heavy atom. The van der Waals surface area contributed by atoms with Crippen LogP contribution < -0.4 is 11.2 Å². The van der Waals surface area contributed by atoms with Gasteiger partial charge >= 0.3 is 5.69 Å². The van der Waals surface area contributed by atoms with Crippen LogP contribution >= 0.6 is 0 Å². The van der Waals surface area contributed by atoms with Gasteiger partial charge in [0.15, 0.2) is 16.5 Å². The van der Waals surface area contributed by atoms with Crippen molar-refractivity contribution in [3.63, 3.8) is 0 Å². The smallest absolute Gasteiger partial charge is 0.288 e. The Hall–Kier alpha value is -0.956. The molecule has 1 aromatic heterocycles. The van der Waals surface area contributed by atoms with Crippen LogP contribution in [0.4, 0.5) is 0 Å². The average Bonchev–Trinajstić information content (AvgIpc) is 2.10. The molecule has 0 aliphatic carbocycles. The summed E-state index contributed by atoms with van der Waals surface area (Å²) in [6.07, 6.45) is 0. The minimum absolute atomic E-state index is 0.212. The van der Waals surface area contributed by atoms with Crippen LogP contribution in [0.25, 0.3) is 0 Å². The second-order valence-corrected chi connectivity index (χ2v) is 17.8. The summed E-state index contributed by atoms with van der Waals surface area (Å²) in [7, 11) is -4.06. The van der Waals surface area contributed by atoms with E-state index in [9.17, 15) is 9.59 Å². The minimum atomic E-state index is -2.09. The molecule has 0 radical (unpaired) electrons. The molecular formula is C13H27N3O2Si2. The summed E-state index contributed by atoms with van der Waals surface area (Å²) in [6.45, 7) is 18.1. The topological polar surface area (TPSA) is 56.9 Å². The van der Waals surface area contributed by atoms with E-state index in [1.165, 1.54) is 4.23 Å². The van der Waals surface area contributed by atoms with E-state index in [0.717, 1.165) is 0 Å². The first-order valence-corrected chi connectivity index (χ1v) is 13.8. The van der Waals surface area contributed by atoms with Crippen LogP contribution in [0.15, 0.2) is 9.59 Å². The van der Waals surface area contributed by atoms with E-state index in [1.807, 2.05) is 40.4 Å². The van der Waals surface area contributed by atoms with Crippen LogP contribution in [-0.4, -0.2) is 30.1 Å². The minimum Gasteiger partial charge on any atom is -0.288 e. The first kappa shape index (κ1) is 17.1. The molecule has 0 saturated carbocycles. The molecule has 5 nitrogen and oxygen atoms in total. The molecule has 7 heteroatoms. The summed E-state index contributed by atoms with van der Waals surface area (Å²) >= 11 is 0. The molecule has 1 rings (SSSR count).